The fourth-order valence-electron chi connectivity index (χ4n) is 3.16. The van der Waals surface area contributed by atoms with Gasteiger partial charge >= 0.3 is 0 Å². The number of anilines is 1. The van der Waals surface area contributed by atoms with Crippen LogP contribution in [0.5, 0.6) is 0 Å². The van der Waals surface area contributed by atoms with Gasteiger partial charge in [-0.15, -0.1) is 24.8 Å². The molecule has 1 aliphatic rings. The molecule has 1 aromatic heterocycles. The van der Waals surface area contributed by atoms with Crippen molar-refractivity contribution in [2.45, 2.75) is 25.0 Å². The minimum atomic E-state index is -0.765. The number of aromatic nitrogens is 1. The summed E-state index contributed by atoms with van der Waals surface area (Å²) in [7, 11) is 1.58. The SMILES string of the molecule is COC1(C(=O)NCc2cccc(NC(=O)c3ccncc3)c2)CCNCC1.Cl.Cl. The highest BCUT2D eigenvalue weighted by atomic mass is 35.5. The summed E-state index contributed by atoms with van der Waals surface area (Å²) in [5.41, 5.74) is 1.35. The summed E-state index contributed by atoms with van der Waals surface area (Å²) in [6.07, 6.45) is 4.45. The molecule has 3 N–H and O–H groups in total. The maximum atomic E-state index is 12.6. The molecule has 0 bridgehead atoms. The Kier molecular flexibility index (Phi) is 10.0. The van der Waals surface area contributed by atoms with Gasteiger partial charge in [-0.1, -0.05) is 12.1 Å². The van der Waals surface area contributed by atoms with Crippen LogP contribution in [0.15, 0.2) is 48.8 Å². The van der Waals surface area contributed by atoms with Crippen LogP contribution in [0.4, 0.5) is 5.69 Å². The number of halogens is 2. The molecule has 0 aliphatic carbocycles. The number of hydrogen-bond acceptors (Lipinski definition) is 5. The van der Waals surface area contributed by atoms with Crippen LogP contribution in [-0.2, 0) is 16.1 Å². The molecule has 158 valence electrons. The second kappa shape index (κ2) is 11.7. The third kappa shape index (κ3) is 6.40. The first kappa shape index (κ1) is 24.8. The van der Waals surface area contributed by atoms with Crippen molar-refractivity contribution in [3.05, 3.63) is 59.9 Å². The predicted molar refractivity (Wildman–Crippen MR) is 117 cm³/mol. The molecular weight excluding hydrogens is 415 g/mol. The highest BCUT2D eigenvalue weighted by Crippen LogP contribution is 2.23. The number of piperidine rings is 1. The molecule has 0 radical (unpaired) electrons. The molecule has 29 heavy (non-hydrogen) atoms. The number of pyridine rings is 1. The molecule has 1 aromatic carbocycles. The first-order chi connectivity index (χ1) is 13.1. The van der Waals surface area contributed by atoms with Gasteiger partial charge in [0.2, 0.25) is 0 Å². The Hall–Kier alpha value is -2.19. The molecular formula is C20H26Cl2N4O3. The van der Waals surface area contributed by atoms with Crippen LogP contribution in [0.1, 0.15) is 28.8 Å². The van der Waals surface area contributed by atoms with Crippen LogP contribution in [-0.4, -0.2) is 42.6 Å². The van der Waals surface area contributed by atoms with Gasteiger partial charge in [0.15, 0.2) is 0 Å². The number of rotatable bonds is 6. The zero-order valence-electron chi connectivity index (χ0n) is 16.1. The molecule has 2 heterocycles. The summed E-state index contributed by atoms with van der Waals surface area (Å²) in [6, 6.07) is 10.7. The molecule has 1 aliphatic heterocycles. The Morgan fingerprint density at radius 1 is 1.14 bits per heavy atom. The summed E-state index contributed by atoms with van der Waals surface area (Å²) in [5, 5.41) is 9.05. The Morgan fingerprint density at radius 2 is 1.83 bits per heavy atom. The van der Waals surface area contributed by atoms with E-state index in [1.54, 1.807) is 31.6 Å². The average molecular weight is 441 g/mol. The minimum absolute atomic E-state index is 0. The zero-order valence-corrected chi connectivity index (χ0v) is 17.8. The number of methoxy groups -OCH3 is 1. The van der Waals surface area contributed by atoms with Gasteiger partial charge < -0.3 is 20.7 Å². The van der Waals surface area contributed by atoms with Crippen LogP contribution in [0.25, 0.3) is 0 Å². The number of carbonyl (C=O) groups excluding carboxylic acids is 2. The minimum Gasteiger partial charge on any atom is -0.368 e. The topological polar surface area (TPSA) is 92.4 Å². The fourth-order valence-corrected chi connectivity index (χ4v) is 3.16. The van der Waals surface area contributed by atoms with Crippen molar-refractivity contribution in [1.82, 2.24) is 15.6 Å². The van der Waals surface area contributed by atoms with Gasteiger partial charge in [0.05, 0.1) is 0 Å². The van der Waals surface area contributed by atoms with Crippen molar-refractivity contribution < 1.29 is 14.3 Å². The van der Waals surface area contributed by atoms with E-state index < -0.39 is 5.60 Å². The zero-order chi connectivity index (χ0) is 19.1. The number of nitrogens with zero attached hydrogens (tertiary/aromatic N) is 1. The van der Waals surface area contributed by atoms with Crippen molar-refractivity contribution >= 4 is 42.3 Å². The van der Waals surface area contributed by atoms with Gasteiger partial charge in [-0.3, -0.25) is 14.6 Å². The molecule has 0 spiro atoms. The van der Waals surface area contributed by atoms with E-state index in [1.807, 2.05) is 24.3 Å². The lowest BCUT2D eigenvalue weighted by Gasteiger charge is -2.34. The molecule has 2 aromatic rings. The highest BCUT2D eigenvalue weighted by molar-refractivity contribution is 6.04. The first-order valence-electron chi connectivity index (χ1n) is 8.97. The molecule has 9 heteroatoms. The smallest absolute Gasteiger partial charge is 0.255 e. The van der Waals surface area contributed by atoms with Gasteiger partial charge in [-0.2, -0.15) is 0 Å². The van der Waals surface area contributed by atoms with E-state index in [-0.39, 0.29) is 36.6 Å². The molecule has 3 rings (SSSR count). The van der Waals surface area contributed by atoms with E-state index in [0.717, 1.165) is 18.7 Å². The van der Waals surface area contributed by atoms with E-state index in [4.69, 9.17) is 4.74 Å². The molecule has 0 atom stereocenters. The second-order valence-electron chi connectivity index (χ2n) is 6.52. The van der Waals surface area contributed by atoms with Gasteiger partial charge in [0, 0.05) is 37.3 Å². The summed E-state index contributed by atoms with van der Waals surface area (Å²) >= 11 is 0. The summed E-state index contributed by atoms with van der Waals surface area (Å²) in [6.45, 7) is 1.89. The first-order valence-corrected chi connectivity index (χ1v) is 8.97. The van der Waals surface area contributed by atoms with Crippen LogP contribution in [0.3, 0.4) is 0 Å². The van der Waals surface area contributed by atoms with Crippen LogP contribution >= 0.6 is 24.8 Å². The van der Waals surface area contributed by atoms with Crippen LogP contribution in [0.2, 0.25) is 0 Å². The van der Waals surface area contributed by atoms with Crippen molar-refractivity contribution in [2.24, 2.45) is 0 Å². The summed E-state index contributed by atoms with van der Waals surface area (Å²) < 4.78 is 5.54. The third-order valence-corrected chi connectivity index (χ3v) is 4.80. The Bertz CT molecular complexity index is 799. The van der Waals surface area contributed by atoms with E-state index in [2.05, 4.69) is 20.9 Å². The number of benzene rings is 1. The molecule has 0 saturated carbocycles. The lowest BCUT2D eigenvalue weighted by molar-refractivity contribution is -0.146. The number of amides is 2. The molecule has 2 amide bonds. The van der Waals surface area contributed by atoms with Crippen molar-refractivity contribution in [3.63, 3.8) is 0 Å². The molecule has 1 fully saturated rings. The fraction of sp³-hybridized carbons (Fsp3) is 0.350. The van der Waals surface area contributed by atoms with Crippen molar-refractivity contribution in [2.75, 3.05) is 25.5 Å². The van der Waals surface area contributed by atoms with Gasteiger partial charge in [-0.25, -0.2) is 0 Å². The quantitative estimate of drug-likeness (QED) is 0.641. The van der Waals surface area contributed by atoms with Crippen molar-refractivity contribution in [3.8, 4) is 0 Å². The monoisotopic (exact) mass is 440 g/mol. The van der Waals surface area contributed by atoms with Gasteiger partial charge in [0.1, 0.15) is 5.60 Å². The van der Waals surface area contributed by atoms with E-state index >= 15 is 0 Å². The molecule has 0 unspecified atom stereocenters. The lowest BCUT2D eigenvalue weighted by Crippen LogP contribution is -2.53. The number of nitrogens with one attached hydrogen (secondary N) is 3. The number of hydrogen-bond donors (Lipinski definition) is 3. The predicted octanol–water partition coefficient (Wildman–Crippen LogP) is 2.56. The van der Waals surface area contributed by atoms with E-state index in [1.165, 1.54) is 0 Å². The Labute approximate surface area is 182 Å². The van der Waals surface area contributed by atoms with Gasteiger partial charge in [-0.05, 0) is 55.8 Å². The standard InChI is InChI=1S/C20H24N4O3.2ClH/c1-27-20(7-11-22-12-8-20)19(26)23-14-15-3-2-4-17(13-15)24-18(25)16-5-9-21-10-6-16;;/h2-6,9-10,13,22H,7-8,11-12,14H2,1H3,(H,23,26)(H,24,25);2*1H. The summed E-state index contributed by atoms with van der Waals surface area (Å²) in [5.74, 6) is -0.302. The highest BCUT2D eigenvalue weighted by Gasteiger charge is 2.39. The molecule has 1 saturated heterocycles. The third-order valence-electron chi connectivity index (χ3n) is 4.80. The van der Waals surface area contributed by atoms with Gasteiger partial charge in [0.25, 0.3) is 11.8 Å². The van der Waals surface area contributed by atoms with Crippen LogP contribution < -0.4 is 16.0 Å². The second-order valence-corrected chi connectivity index (χ2v) is 6.52. The normalized spacial score (nSPS) is 14.7. The van der Waals surface area contributed by atoms with E-state index in [0.29, 0.717) is 30.6 Å². The number of ether oxygens (including phenoxy) is 1. The Morgan fingerprint density at radius 3 is 2.48 bits per heavy atom. The largest absolute Gasteiger partial charge is 0.368 e. The van der Waals surface area contributed by atoms with Crippen LogP contribution in [0, 0.1) is 0 Å². The van der Waals surface area contributed by atoms with E-state index in [9.17, 15) is 9.59 Å². The van der Waals surface area contributed by atoms with Crippen molar-refractivity contribution in [1.29, 1.82) is 0 Å². The maximum absolute atomic E-state index is 12.6. The number of carbonyl (C=O) groups is 2. The molecule has 7 nitrogen and oxygen atoms in total. The maximum Gasteiger partial charge on any atom is 0.255 e. The Balaban J connectivity index is 0.00000210. The average Bonchev–Trinajstić information content (AvgIpc) is 2.73. The lowest BCUT2D eigenvalue weighted by atomic mass is 9.91. The summed E-state index contributed by atoms with van der Waals surface area (Å²) in [4.78, 5) is 28.8.